The summed E-state index contributed by atoms with van der Waals surface area (Å²) in [6.07, 6.45) is 2.74. The highest BCUT2D eigenvalue weighted by molar-refractivity contribution is 8.04. The highest BCUT2D eigenvalue weighted by Crippen LogP contribution is 2.43. The Morgan fingerprint density at radius 3 is 2.79 bits per heavy atom. The maximum atomic E-state index is 12.4. The highest BCUT2D eigenvalue weighted by Gasteiger charge is 2.49. The zero-order valence-corrected chi connectivity index (χ0v) is 10.6. The van der Waals surface area contributed by atoms with Crippen LogP contribution in [0.1, 0.15) is 26.4 Å². The molecule has 0 bridgehead atoms. The molecule has 0 amide bonds. The number of aromatic nitrogens is 1. The van der Waals surface area contributed by atoms with E-state index < -0.39 is 16.1 Å². The van der Waals surface area contributed by atoms with Gasteiger partial charge in [0.05, 0.1) is 21.7 Å². The first-order valence-corrected chi connectivity index (χ1v) is 6.45. The molecule has 1 aliphatic heterocycles. The highest BCUT2D eigenvalue weighted by atomic mass is 32.2. The molecule has 2 aliphatic rings. The van der Waals surface area contributed by atoms with E-state index in [4.69, 9.17) is 0 Å². The molecule has 0 fully saturated rings. The van der Waals surface area contributed by atoms with Gasteiger partial charge in [0.25, 0.3) is 0 Å². The Labute approximate surface area is 112 Å². The summed E-state index contributed by atoms with van der Waals surface area (Å²) in [5.41, 5.74) is 1.11. The molecule has 0 N–H and O–H groups in total. The van der Waals surface area contributed by atoms with Gasteiger partial charge < -0.3 is 0 Å². The first-order valence-electron chi connectivity index (χ1n) is 5.57. The van der Waals surface area contributed by atoms with E-state index in [1.54, 1.807) is 13.0 Å². The molecule has 6 nitrogen and oxygen atoms in total. The summed E-state index contributed by atoms with van der Waals surface area (Å²) in [5, 5.41) is 9.92. The van der Waals surface area contributed by atoms with E-state index >= 15 is 0 Å². The van der Waals surface area contributed by atoms with Gasteiger partial charge in [0.1, 0.15) is 5.69 Å². The average molecular weight is 276 g/mol. The Morgan fingerprint density at radius 1 is 1.37 bits per heavy atom. The summed E-state index contributed by atoms with van der Waals surface area (Å²) in [5.74, 6) is -1.32. The molecule has 7 heteroatoms. The molecule has 3 rings (SSSR count). The minimum absolute atomic E-state index is 0.132. The zero-order chi connectivity index (χ0) is 13.7. The van der Waals surface area contributed by atoms with Gasteiger partial charge >= 0.3 is 5.03 Å². The molecule has 0 aromatic carbocycles. The van der Waals surface area contributed by atoms with Gasteiger partial charge in [-0.15, -0.1) is 0 Å². The van der Waals surface area contributed by atoms with Crippen LogP contribution in [0.25, 0.3) is 0 Å². The van der Waals surface area contributed by atoms with E-state index in [9.17, 15) is 19.7 Å². The van der Waals surface area contributed by atoms with Crippen LogP contribution in [0, 0.1) is 23.0 Å². The van der Waals surface area contributed by atoms with Crippen LogP contribution in [0.3, 0.4) is 0 Å². The predicted molar refractivity (Wildman–Crippen MR) is 67.6 cm³/mol. The number of ketones is 2. The van der Waals surface area contributed by atoms with Gasteiger partial charge in [0.15, 0.2) is 11.6 Å². The fourth-order valence-corrected chi connectivity index (χ4v) is 3.52. The van der Waals surface area contributed by atoms with Crippen LogP contribution in [0.4, 0.5) is 0 Å². The van der Waals surface area contributed by atoms with Crippen LogP contribution in [0.2, 0.25) is 0 Å². The minimum atomic E-state index is -0.764. The molecule has 1 aromatic heterocycles. The molecular weight excluding hydrogens is 268 g/mol. The summed E-state index contributed by atoms with van der Waals surface area (Å²) < 4.78 is 0. The Hall–Kier alpha value is -2.02. The van der Waals surface area contributed by atoms with Crippen molar-refractivity contribution in [2.24, 2.45) is 5.92 Å². The van der Waals surface area contributed by atoms with E-state index in [1.807, 2.05) is 0 Å². The van der Waals surface area contributed by atoms with Crippen molar-refractivity contribution in [2.75, 3.05) is 0 Å². The van der Waals surface area contributed by atoms with Crippen molar-refractivity contribution in [3.8, 4) is 0 Å². The van der Waals surface area contributed by atoms with Crippen molar-refractivity contribution in [1.29, 1.82) is 0 Å². The van der Waals surface area contributed by atoms with Gasteiger partial charge in [-0.05, 0) is 30.3 Å². The van der Waals surface area contributed by atoms with Crippen molar-refractivity contribution >= 4 is 23.3 Å². The summed E-state index contributed by atoms with van der Waals surface area (Å²) >= 11 is 0.851. The van der Waals surface area contributed by atoms with Gasteiger partial charge in [-0.2, -0.15) is 0 Å². The van der Waals surface area contributed by atoms with Crippen LogP contribution >= 0.6 is 11.8 Å². The number of nitrogens with zero attached hydrogens (tertiary/aromatic N) is 2. The van der Waals surface area contributed by atoms with Crippen LogP contribution in [-0.2, 0) is 0 Å². The van der Waals surface area contributed by atoms with Crippen molar-refractivity contribution in [1.82, 2.24) is 4.98 Å². The van der Waals surface area contributed by atoms with E-state index in [2.05, 4.69) is 4.98 Å². The van der Waals surface area contributed by atoms with E-state index in [1.165, 1.54) is 12.3 Å². The SMILES string of the molecule is Cc1ccnc2c1C(=O)C1SC([N+](=O)[O-])=CC1C2=O. The van der Waals surface area contributed by atoms with Crippen molar-refractivity contribution < 1.29 is 14.5 Å². The second-order valence-electron chi connectivity index (χ2n) is 4.41. The quantitative estimate of drug-likeness (QED) is 0.572. The van der Waals surface area contributed by atoms with Crippen molar-refractivity contribution in [3.63, 3.8) is 0 Å². The zero-order valence-electron chi connectivity index (χ0n) is 9.82. The van der Waals surface area contributed by atoms with Crippen molar-refractivity contribution in [2.45, 2.75) is 12.2 Å². The van der Waals surface area contributed by atoms with Gasteiger partial charge in [0.2, 0.25) is 0 Å². The van der Waals surface area contributed by atoms with Gasteiger partial charge in [-0.1, -0.05) is 0 Å². The molecule has 1 aliphatic carbocycles. The number of aryl methyl sites for hydroxylation is 1. The van der Waals surface area contributed by atoms with Gasteiger partial charge in [-0.25, -0.2) is 0 Å². The number of Topliss-reactive ketones (excluding diaryl/α,β-unsaturated/α-hetero) is 2. The number of nitro groups is 1. The maximum absolute atomic E-state index is 12.4. The van der Waals surface area contributed by atoms with Gasteiger partial charge in [0, 0.05) is 12.3 Å². The fourth-order valence-electron chi connectivity index (χ4n) is 2.37. The van der Waals surface area contributed by atoms with Crippen LogP contribution < -0.4 is 0 Å². The normalized spacial score (nSPS) is 24.8. The molecule has 19 heavy (non-hydrogen) atoms. The smallest absolute Gasteiger partial charge is 0.293 e. The van der Waals surface area contributed by atoms with Crippen LogP contribution in [0.15, 0.2) is 23.4 Å². The molecular formula is C12H8N2O4S. The number of rotatable bonds is 1. The predicted octanol–water partition coefficient (Wildman–Crippen LogP) is 1.62. The van der Waals surface area contributed by atoms with E-state index in [-0.39, 0.29) is 22.3 Å². The lowest BCUT2D eigenvalue weighted by atomic mass is 9.83. The first-order chi connectivity index (χ1) is 9.00. The van der Waals surface area contributed by atoms with E-state index in [0.717, 1.165) is 11.8 Å². The van der Waals surface area contributed by atoms with Gasteiger partial charge in [-0.3, -0.25) is 24.7 Å². The number of hydrogen-bond donors (Lipinski definition) is 0. The number of fused-ring (bicyclic) bond motifs is 2. The number of allylic oxidation sites excluding steroid dienone is 1. The minimum Gasteiger partial charge on any atom is -0.293 e. The standard InChI is InChI=1S/C12H8N2O4S/c1-5-2-3-13-9-8(5)11(16)12-6(10(9)15)4-7(19-12)14(17)18/h2-4,6,12H,1H3. The average Bonchev–Trinajstić information content (AvgIpc) is 2.81. The second-order valence-corrected chi connectivity index (χ2v) is 5.57. The topological polar surface area (TPSA) is 90.2 Å². The molecule has 2 heterocycles. The molecule has 1 aromatic rings. The number of pyridine rings is 1. The second kappa shape index (κ2) is 3.99. The molecule has 0 spiro atoms. The number of hydrogen-bond acceptors (Lipinski definition) is 6. The summed E-state index contributed by atoms with van der Waals surface area (Å²) in [4.78, 5) is 38.8. The summed E-state index contributed by atoms with van der Waals surface area (Å²) in [6, 6.07) is 1.66. The number of carbonyl (C=O) groups is 2. The monoisotopic (exact) mass is 276 g/mol. The molecule has 2 atom stereocenters. The molecule has 0 saturated heterocycles. The third-order valence-corrected chi connectivity index (χ3v) is 4.56. The third-order valence-electron chi connectivity index (χ3n) is 3.28. The first kappa shape index (κ1) is 12.0. The lowest BCUT2D eigenvalue weighted by Crippen LogP contribution is -2.37. The lowest BCUT2D eigenvalue weighted by molar-refractivity contribution is -0.410. The molecule has 96 valence electrons. The molecule has 2 unspecified atom stereocenters. The molecule has 0 saturated carbocycles. The Kier molecular flexibility index (Phi) is 2.53. The molecule has 0 radical (unpaired) electrons. The Morgan fingerprint density at radius 2 is 2.11 bits per heavy atom. The fraction of sp³-hybridized carbons (Fsp3) is 0.250. The summed E-state index contributed by atoms with van der Waals surface area (Å²) in [7, 11) is 0. The lowest BCUT2D eigenvalue weighted by Gasteiger charge is -2.23. The third kappa shape index (κ3) is 1.61. The van der Waals surface area contributed by atoms with Crippen LogP contribution in [-0.4, -0.2) is 26.7 Å². The number of carbonyl (C=O) groups excluding carboxylic acids is 2. The summed E-state index contributed by atoms with van der Waals surface area (Å²) in [6.45, 7) is 1.73. The van der Waals surface area contributed by atoms with E-state index in [0.29, 0.717) is 11.1 Å². The Bertz CT molecular complexity index is 668. The number of thioether (sulfide) groups is 1. The van der Waals surface area contributed by atoms with Crippen LogP contribution in [0.5, 0.6) is 0 Å². The van der Waals surface area contributed by atoms with Crippen molar-refractivity contribution in [3.05, 3.63) is 50.3 Å². The Balaban J connectivity index is 2.14. The largest absolute Gasteiger partial charge is 0.300 e. The maximum Gasteiger partial charge on any atom is 0.300 e.